The summed E-state index contributed by atoms with van der Waals surface area (Å²) in [5, 5.41) is 5.42. The van der Waals surface area contributed by atoms with E-state index in [4.69, 9.17) is 0 Å². The normalized spacial score (nSPS) is 19.9. The van der Waals surface area contributed by atoms with Crippen LogP contribution in [-0.2, 0) is 21.2 Å². The van der Waals surface area contributed by atoms with E-state index < -0.39 is 40.7 Å². The fourth-order valence-corrected chi connectivity index (χ4v) is 4.10. The number of carbonyl (C=O) groups excluding carboxylic acids is 3. The smallest absolute Gasteiger partial charge is 0.353 e. The first kappa shape index (κ1) is 22.1. The van der Waals surface area contributed by atoms with E-state index in [1.54, 1.807) is 19.9 Å². The van der Waals surface area contributed by atoms with E-state index in [1.165, 1.54) is 13.0 Å². The molecule has 6 nitrogen and oxygen atoms in total. The average molecular weight is 425 g/mol. The van der Waals surface area contributed by atoms with Crippen LogP contribution in [0.5, 0.6) is 0 Å². The monoisotopic (exact) mass is 425 g/mol. The molecule has 1 aliphatic heterocycles. The van der Waals surface area contributed by atoms with Crippen molar-refractivity contribution < 1.29 is 27.6 Å². The van der Waals surface area contributed by atoms with E-state index in [9.17, 15) is 27.6 Å². The number of urea groups is 1. The minimum Gasteiger partial charge on any atom is -0.353 e. The zero-order chi connectivity index (χ0) is 22.3. The van der Waals surface area contributed by atoms with Gasteiger partial charge in [-0.15, -0.1) is 0 Å². The molecule has 1 heterocycles. The lowest BCUT2D eigenvalue weighted by atomic mass is 9.83. The van der Waals surface area contributed by atoms with Crippen LogP contribution < -0.4 is 10.6 Å². The Morgan fingerprint density at radius 1 is 1.20 bits per heavy atom. The standard InChI is InChI=1S/C21H26F3N3O3/c1-13(27-17(29)20(26-18(27)30)9-4-5-10-20)16(28)25-12-19(2,3)14-7-6-8-15(11-14)21(22,23)24/h6-8,11,13H,4-5,9-10,12H2,1-3H3,(H,25,28)(H,26,30). The maximum atomic E-state index is 13.0. The third-order valence-corrected chi connectivity index (χ3v) is 6.09. The quantitative estimate of drug-likeness (QED) is 0.711. The Morgan fingerprint density at radius 2 is 1.80 bits per heavy atom. The number of nitrogens with one attached hydrogen (secondary N) is 2. The van der Waals surface area contributed by atoms with Crippen LogP contribution in [0, 0.1) is 0 Å². The molecular formula is C21H26F3N3O3. The molecular weight excluding hydrogens is 399 g/mol. The summed E-state index contributed by atoms with van der Waals surface area (Å²) in [6.45, 7) is 4.95. The van der Waals surface area contributed by atoms with Gasteiger partial charge in [0, 0.05) is 12.0 Å². The summed E-state index contributed by atoms with van der Waals surface area (Å²) in [5.74, 6) is -0.918. The Bertz CT molecular complexity index is 861. The minimum absolute atomic E-state index is 0.0479. The summed E-state index contributed by atoms with van der Waals surface area (Å²) in [5.41, 5.74) is -2.03. The van der Waals surface area contributed by atoms with Crippen LogP contribution in [0.1, 0.15) is 57.6 Å². The molecule has 9 heteroatoms. The summed E-state index contributed by atoms with van der Waals surface area (Å²) in [7, 11) is 0. The number of nitrogens with zero attached hydrogens (tertiary/aromatic N) is 1. The summed E-state index contributed by atoms with van der Waals surface area (Å²) in [6, 6.07) is 3.37. The van der Waals surface area contributed by atoms with Gasteiger partial charge in [-0.05, 0) is 31.4 Å². The first-order chi connectivity index (χ1) is 13.9. The van der Waals surface area contributed by atoms with Crippen molar-refractivity contribution >= 4 is 17.8 Å². The number of carbonyl (C=O) groups is 3. The molecule has 1 atom stereocenters. The molecule has 4 amide bonds. The van der Waals surface area contributed by atoms with Crippen LogP contribution in [0.3, 0.4) is 0 Å². The Hall–Kier alpha value is -2.58. The number of halogens is 3. The van der Waals surface area contributed by atoms with E-state index in [-0.39, 0.29) is 12.5 Å². The highest BCUT2D eigenvalue weighted by molar-refractivity contribution is 6.09. The molecule has 0 radical (unpaired) electrons. The highest BCUT2D eigenvalue weighted by atomic mass is 19.4. The van der Waals surface area contributed by atoms with Gasteiger partial charge in [0.1, 0.15) is 11.6 Å². The maximum absolute atomic E-state index is 13.0. The number of hydrogen-bond acceptors (Lipinski definition) is 3. The van der Waals surface area contributed by atoms with E-state index in [1.807, 2.05) is 0 Å². The Balaban J connectivity index is 1.67. The maximum Gasteiger partial charge on any atom is 0.416 e. The Morgan fingerprint density at radius 3 is 2.40 bits per heavy atom. The molecule has 2 aliphatic rings. The largest absolute Gasteiger partial charge is 0.416 e. The van der Waals surface area contributed by atoms with Crippen molar-refractivity contribution in [3.05, 3.63) is 35.4 Å². The van der Waals surface area contributed by atoms with Crippen molar-refractivity contribution in [2.45, 2.75) is 69.6 Å². The Labute approximate surface area is 173 Å². The molecule has 1 spiro atoms. The van der Waals surface area contributed by atoms with Gasteiger partial charge in [-0.3, -0.25) is 9.59 Å². The summed E-state index contributed by atoms with van der Waals surface area (Å²) >= 11 is 0. The van der Waals surface area contributed by atoms with E-state index in [0.717, 1.165) is 29.9 Å². The van der Waals surface area contributed by atoms with Gasteiger partial charge in [0.05, 0.1) is 5.56 Å². The molecule has 2 fully saturated rings. The van der Waals surface area contributed by atoms with E-state index >= 15 is 0 Å². The summed E-state index contributed by atoms with van der Waals surface area (Å²) in [6.07, 6.45) is -1.66. The lowest BCUT2D eigenvalue weighted by Crippen LogP contribution is -2.51. The van der Waals surface area contributed by atoms with Gasteiger partial charge >= 0.3 is 12.2 Å². The number of rotatable bonds is 5. The number of amides is 4. The van der Waals surface area contributed by atoms with Gasteiger partial charge in [0.15, 0.2) is 0 Å². The summed E-state index contributed by atoms with van der Waals surface area (Å²) < 4.78 is 39.0. The zero-order valence-electron chi connectivity index (χ0n) is 17.2. The Kier molecular flexibility index (Phi) is 5.60. The molecule has 164 valence electrons. The van der Waals surface area contributed by atoms with Crippen LogP contribution in [0.2, 0.25) is 0 Å². The second kappa shape index (κ2) is 7.59. The molecule has 1 saturated carbocycles. The molecule has 1 aromatic carbocycles. The van der Waals surface area contributed by atoms with Gasteiger partial charge in [-0.25, -0.2) is 9.69 Å². The second-order valence-electron chi connectivity index (χ2n) is 8.75. The highest BCUT2D eigenvalue weighted by Crippen LogP contribution is 2.36. The predicted molar refractivity (Wildman–Crippen MR) is 104 cm³/mol. The van der Waals surface area contributed by atoms with Crippen LogP contribution in [0.4, 0.5) is 18.0 Å². The van der Waals surface area contributed by atoms with Gasteiger partial charge in [-0.2, -0.15) is 13.2 Å². The molecule has 3 rings (SSSR count). The van der Waals surface area contributed by atoms with Crippen LogP contribution in [0.15, 0.2) is 24.3 Å². The molecule has 0 aromatic heterocycles. The van der Waals surface area contributed by atoms with Crippen LogP contribution in [-0.4, -0.2) is 40.9 Å². The molecule has 1 unspecified atom stereocenters. The van der Waals surface area contributed by atoms with Crippen LogP contribution in [0.25, 0.3) is 0 Å². The molecule has 2 N–H and O–H groups in total. The van der Waals surface area contributed by atoms with Gasteiger partial charge in [-0.1, -0.05) is 44.9 Å². The van der Waals surface area contributed by atoms with E-state index in [2.05, 4.69) is 10.6 Å². The number of alkyl halides is 3. The second-order valence-corrected chi connectivity index (χ2v) is 8.75. The van der Waals surface area contributed by atoms with Crippen molar-refractivity contribution in [3.8, 4) is 0 Å². The first-order valence-corrected chi connectivity index (χ1v) is 9.99. The topological polar surface area (TPSA) is 78.5 Å². The molecule has 30 heavy (non-hydrogen) atoms. The first-order valence-electron chi connectivity index (χ1n) is 9.99. The lowest BCUT2D eigenvalue weighted by molar-refractivity contribution is -0.137. The van der Waals surface area contributed by atoms with Crippen molar-refractivity contribution in [3.63, 3.8) is 0 Å². The fourth-order valence-electron chi connectivity index (χ4n) is 4.10. The zero-order valence-corrected chi connectivity index (χ0v) is 17.2. The van der Waals surface area contributed by atoms with Crippen molar-refractivity contribution in [2.75, 3.05) is 6.54 Å². The third-order valence-electron chi connectivity index (χ3n) is 6.09. The van der Waals surface area contributed by atoms with Gasteiger partial charge < -0.3 is 10.6 Å². The van der Waals surface area contributed by atoms with Crippen molar-refractivity contribution in [2.24, 2.45) is 0 Å². The number of benzene rings is 1. The van der Waals surface area contributed by atoms with Gasteiger partial charge in [0.25, 0.3) is 5.91 Å². The average Bonchev–Trinajstić information content (AvgIpc) is 3.24. The fraction of sp³-hybridized carbons (Fsp3) is 0.571. The molecule has 1 aromatic rings. The predicted octanol–water partition coefficient (Wildman–Crippen LogP) is 3.35. The van der Waals surface area contributed by atoms with Crippen LogP contribution >= 0.6 is 0 Å². The number of imide groups is 1. The minimum atomic E-state index is -4.45. The third kappa shape index (κ3) is 4.02. The molecule has 0 bridgehead atoms. The molecule has 1 aliphatic carbocycles. The molecule has 1 saturated heterocycles. The highest BCUT2D eigenvalue weighted by Gasteiger charge is 2.54. The number of hydrogen-bond donors (Lipinski definition) is 2. The summed E-state index contributed by atoms with van der Waals surface area (Å²) in [4.78, 5) is 38.8. The SMILES string of the molecule is CC(C(=O)NCC(C)(C)c1cccc(C(F)(F)F)c1)N1C(=O)NC2(CCCC2)C1=O. The van der Waals surface area contributed by atoms with E-state index in [0.29, 0.717) is 18.4 Å². The van der Waals surface area contributed by atoms with Crippen molar-refractivity contribution in [1.82, 2.24) is 15.5 Å². The van der Waals surface area contributed by atoms with Gasteiger partial charge in [0.2, 0.25) is 5.91 Å². The van der Waals surface area contributed by atoms with Crippen molar-refractivity contribution in [1.29, 1.82) is 0 Å². The lowest BCUT2D eigenvalue weighted by Gasteiger charge is -2.28.